The molecule has 3 amide bonds. The molecule has 1 unspecified atom stereocenters. The molecule has 10 nitrogen and oxygen atoms in total. The predicted octanol–water partition coefficient (Wildman–Crippen LogP) is 1.67. The molecule has 0 bridgehead atoms. The van der Waals surface area contributed by atoms with Crippen LogP contribution in [0, 0.1) is 0 Å². The van der Waals surface area contributed by atoms with E-state index in [1.54, 1.807) is 11.0 Å². The third-order valence-electron chi connectivity index (χ3n) is 5.65. The second kappa shape index (κ2) is 16.2. The van der Waals surface area contributed by atoms with Crippen LogP contribution in [0.4, 0.5) is 5.69 Å². The molecule has 0 saturated carbocycles. The Hall–Kier alpha value is -2.53. The Labute approximate surface area is 207 Å². The number of piperidine rings is 1. The molecule has 2 aliphatic rings. The molecule has 0 aliphatic carbocycles. The highest BCUT2D eigenvalue weighted by Gasteiger charge is 2.39. The number of nitrogens with two attached hydrogens (primary N) is 1. The quantitative estimate of drug-likeness (QED) is 0.264. The minimum atomic E-state index is -0.616. The van der Waals surface area contributed by atoms with Crippen LogP contribution in [0.3, 0.4) is 0 Å². The summed E-state index contributed by atoms with van der Waals surface area (Å²) in [6.45, 7) is 8.79. The number of amides is 3. The van der Waals surface area contributed by atoms with Gasteiger partial charge in [-0.05, 0) is 18.6 Å². The molecule has 0 radical (unpaired) electrons. The van der Waals surface area contributed by atoms with Crippen molar-refractivity contribution in [3.63, 3.8) is 0 Å². The van der Waals surface area contributed by atoms with Crippen LogP contribution < -0.4 is 16.4 Å². The number of nitrogens with zero attached hydrogens (tertiary/aromatic N) is 1. The highest BCUT2D eigenvalue weighted by atomic mass is 16.5. The van der Waals surface area contributed by atoms with E-state index in [1.165, 1.54) is 12.8 Å². The summed E-state index contributed by atoms with van der Waals surface area (Å²) in [5.41, 5.74) is 7.62. The number of imide groups is 1. The topological polar surface area (TPSA) is 132 Å². The van der Waals surface area contributed by atoms with Crippen LogP contribution in [0.15, 0.2) is 18.2 Å². The maximum Gasteiger partial charge on any atom is 0.255 e. The number of carbonyl (C=O) groups excluding carboxylic acids is 3. The third kappa shape index (κ3) is 9.21. The van der Waals surface area contributed by atoms with E-state index in [0.29, 0.717) is 71.3 Å². The lowest BCUT2D eigenvalue weighted by atomic mass is 10.0. The molecule has 35 heavy (non-hydrogen) atoms. The Balaban J connectivity index is 0.00000100. The van der Waals surface area contributed by atoms with E-state index in [1.807, 2.05) is 12.1 Å². The number of nitrogens with one attached hydrogen (secondary N) is 2. The number of hydrogen-bond donors (Lipinski definition) is 3. The number of rotatable bonds is 14. The van der Waals surface area contributed by atoms with Gasteiger partial charge >= 0.3 is 0 Å². The molecule has 10 heteroatoms. The molecule has 1 fully saturated rings. The van der Waals surface area contributed by atoms with E-state index in [-0.39, 0.29) is 18.2 Å². The Morgan fingerprint density at radius 3 is 2.29 bits per heavy atom. The van der Waals surface area contributed by atoms with Crippen molar-refractivity contribution in [3.8, 4) is 0 Å². The minimum Gasteiger partial charge on any atom is -0.382 e. The van der Waals surface area contributed by atoms with E-state index in [4.69, 9.17) is 19.9 Å². The Kier molecular flexibility index (Phi) is 13.3. The van der Waals surface area contributed by atoms with Gasteiger partial charge in [0.2, 0.25) is 11.8 Å². The summed E-state index contributed by atoms with van der Waals surface area (Å²) in [5.74, 6) is -0.886. The zero-order valence-electron chi connectivity index (χ0n) is 21.0. The standard InChI is InChI=1S/C21H30N4O6.C4H10/c22-6-8-29-10-12-31-13-11-30-9-7-23-17-3-1-2-15-16(17)14-25(21(15)28)18-4-5-19(26)24-20(18)27;1-3-4-2/h1-3,18,23H,4-14,22H2,(H,24,26,27);3-4H2,1-2H3. The van der Waals surface area contributed by atoms with E-state index >= 15 is 0 Å². The number of anilines is 1. The van der Waals surface area contributed by atoms with Crippen molar-refractivity contribution in [1.29, 1.82) is 0 Å². The third-order valence-corrected chi connectivity index (χ3v) is 5.65. The summed E-state index contributed by atoms with van der Waals surface area (Å²) < 4.78 is 16.2. The highest BCUT2D eigenvalue weighted by Crippen LogP contribution is 2.32. The average molecular weight is 493 g/mol. The van der Waals surface area contributed by atoms with Crippen LogP contribution in [-0.2, 0) is 30.3 Å². The van der Waals surface area contributed by atoms with Crippen LogP contribution in [-0.4, -0.2) is 81.4 Å². The first-order chi connectivity index (χ1) is 17.0. The molecule has 1 atom stereocenters. The van der Waals surface area contributed by atoms with Crippen LogP contribution in [0.25, 0.3) is 0 Å². The summed E-state index contributed by atoms with van der Waals surface area (Å²) in [5, 5.41) is 5.62. The van der Waals surface area contributed by atoms with Gasteiger partial charge in [-0.15, -0.1) is 0 Å². The van der Waals surface area contributed by atoms with Gasteiger partial charge in [-0.2, -0.15) is 0 Å². The molecule has 3 rings (SSSR count). The van der Waals surface area contributed by atoms with Crippen molar-refractivity contribution in [2.75, 3.05) is 58.0 Å². The van der Waals surface area contributed by atoms with Crippen LogP contribution in [0.1, 0.15) is 55.5 Å². The first kappa shape index (κ1) is 28.7. The van der Waals surface area contributed by atoms with Crippen molar-refractivity contribution >= 4 is 23.4 Å². The van der Waals surface area contributed by atoms with Crippen LogP contribution >= 0.6 is 0 Å². The van der Waals surface area contributed by atoms with Gasteiger partial charge in [-0.1, -0.05) is 32.8 Å². The highest BCUT2D eigenvalue weighted by molar-refractivity contribution is 6.06. The fourth-order valence-corrected chi connectivity index (χ4v) is 3.63. The molecule has 4 N–H and O–H groups in total. The summed E-state index contributed by atoms with van der Waals surface area (Å²) >= 11 is 0. The lowest BCUT2D eigenvalue weighted by Gasteiger charge is -2.29. The smallest absolute Gasteiger partial charge is 0.255 e. The van der Waals surface area contributed by atoms with E-state index in [0.717, 1.165) is 11.3 Å². The predicted molar refractivity (Wildman–Crippen MR) is 133 cm³/mol. The second-order valence-electron chi connectivity index (χ2n) is 8.28. The maximum absolute atomic E-state index is 12.8. The van der Waals surface area contributed by atoms with Gasteiger partial charge in [-0.3, -0.25) is 19.7 Å². The minimum absolute atomic E-state index is 0.183. The van der Waals surface area contributed by atoms with Gasteiger partial charge in [0.15, 0.2) is 0 Å². The van der Waals surface area contributed by atoms with Crippen molar-refractivity contribution in [2.24, 2.45) is 5.73 Å². The molecule has 0 spiro atoms. The zero-order chi connectivity index (χ0) is 25.5. The van der Waals surface area contributed by atoms with Gasteiger partial charge in [0, 0.05) is 42.9 Å². The first-order valence-electron chi connectivity index (χ1n) is 12.5. The summed E-state index contributed by atoms with van der Waals surface area (Å²) in [4.78, 5) is 37.9. The molecular formula is C25H40N4O6. The number of carbonyl (C=O) groups is 3. The van der Waals surface area contributed by atoms with Crippen molar-refractivity contribution in [1.82, 2.24) is 10.2 Å². The molecule has 1 saturated heterocycles. The number of fused-ring (bicyclic) bond motifs is 1. The van der Waals surface area contributed by atoms with Gasteiger partial charge in [-0.25, -0.2) is 0 Å². The van der Waals surface area contributed by atoms with Gasteiger partial charge in [0.1, 0.15) is 6.04 Å². The number of unbranched alkanes of at least 4 members (excludes halogenated alkanes) is 1. The maximum atomic E-state index is 12.8. The second-order valence-corrected chi connectivity index (χ2v) is 8.28. The van der Waals surface area contributed by atoms with Crippen molar-refractivity contribution in [2.45, 2.75) is 52.1 Å². The SMILES string of the molecule is CCCC.NCCOCCOCCOCCNc1cccc2c1CN(C1CCC(=O)NC1=O)C2=O. The number of hydrogen-bond acceptors (Lipinski definition) is 8. The molecule has 2 heterocycles. The van der Waals surface area contributed by atoms with E-state index in [2.05, 4.69) is 24.5 Å². The van der Waals surface area contributed by atoms with E-state index in [9.17, 15) is 14.4 Å². The molecule has 0 aromatic heterocycles. The van der Waals surface area contributed by atoms with Gasteiger partial charge in [0.25, 0.3) is 5.91 Å². The molecule has 2 aliphatic heterocycles. The largest absolute Gasteiger partial charge is 0.382 e. The molecule has 1 aromatic rings. The number of benzene rings is 1. The lowest BCUT2D eigenvalue weighted by molar-refractivity contribution is -0.136. The van der Waals surface area contributed by atoms with Gasteiger partial charge < -0.3 is 30.2 Å². The fraction of sp³-hybridized carbons (Fsp3) is 0.640. The zero-order valence-corrected chi connectivity index (χ0v) is 21.0. The molecule has 1 aromatic carbocycles. The summed E-state index contributed by atoms with van der Waals surface area (Å²) in [7, 11) is 0. The van der Waals surface area contributed by atoms with Crippen LogP contribution in [0.5, 0.6) is 0 Å². The van der Waals surface area contributed by atoms with Gasteiger partial charge in [0.05, 0.1) is 39.6 Å². The van der Waals surface area contributed by atoms with Crippen molar-refractivity contribution < 1.29 is 28.6 Å². The molecule has 196 valence electrons. The van der Waals surface area contributed by atoms with Crippen molar-refractivity contribution in [3.05, 3.63) is 29.3 Å². The Morgan fingerprint density at radius 2 is 1.66 bits per heavy atom. The van der Waals surface area contributed by atoms with E-state index < -0.39 is 11.9 Å². The monoisotopic (exact) mass is 492 g/mol. The first-order valence-corrected chi connectivity index (χ1v) is 12.5. The summed E-state index contributed by atoms with van der Waals surface area (Å²) in [6.07, 6.45) is 3.23. The normalized spacial score (nSPS) is 17.1. The summed E-state index contributed by atoms with van der Waals surface area (Å²) in [6, 6.07) is 4.87. The number of ether oxygens (including phenoxy) is 3. The van der Waals surface area contributed by atoms with Crippen LogP contribution in [0.2, 0.25) is 0 Å². The fourth-order valence-electron chi connectivity index (χ4n) is 3.63. The molecular weight excluding hydrogens is 452 g/mol. The Bertz CT molecular complexity index is 817. The Morgan fingerprint density at radius 1 is 1.00 bits per heavy atom. The average Bonchev–Trinajstić information content (AvgIpc) is 3.19. The lowest BCUT2D eigenvalue weighted by Crippen LogP contribution is -2.52.